The van der Waals surface area contributed by atoms with Gasteiger partial charge in [-0.3, -0.25) is 4.79 Å². The van der Waals surface area contributed by atoms with Crippen molar-refractivity contribution in [3.63, 3.8) is 0 Å². The Morgan fingerprint density at radius 3 is 2.57 bits per heavy atom. The number of anilines is 1. The number of thioether (sulfide) groups is 1. The monoisotopic (exact) mass is 392 g/mol. The number of amides is 1. The van der Waals surface area contributed by atoms with Crippen molar-refractivity contribution in [3.05, 3.63) is 66.2 Å². The molecule has 0 atom stereocenters. The predicted molar refractivity (Wildman–Crippen MR) is 118 cm³/mol. The molecular formula is C22H24N4OS. The second-order valence-corrected chi connectivity index (χ2v) is 7.18. The number of pyridine rings is 1. The zero-order valence-electron chi connectivity index (χ0n) is 16.1. The molecular weight excluding hydrogens is 368 g/mol. The normalized spacial score (nSPS) is 11.1. The van der Waals surface area contributed by atoms with Gasteiger partial charge in [0, 0.05) is 24.2 Å². The van der Waals surface area contributed by atoms with Crippen LogP contribution >= 0.6 is 11.8 Å². The van der Waals surface area contributed by atoms with Gasteiger partial charge in [-0.2, -0.15) is 5.10 Å². The Kier molecular flexibility index (Phi) is 7.03. The summed E-state index contributed by atoms with van der Waals surface area (Å²) in [5.74, 6) is 0.111. The second-order valence-electron chi connectivity index (χ2n) is 6.19. The van der Waals surface area contributed by atoms with Crippen molar-refractivity contribution in [2.75, 3.05) is 23.7 Å². The van der Waals surface area contributed by atoms with Gasteiger partial charge in [0.15, 0.2) is 0 Å². The molecule has 0 aliphatic rings. The molecule has 6 heteroatoms. The molecule has 0 spiro atoms. The number of rotatable bonds is 8. The number of hydrazone groups is 1. The molecule has 1 amide bonds. The van der Waals surface area contributed by atoms with Crippen LogP contribution in [0.25, 0.3) is 10.9 Å². The van der Waals surface area contributed by atoms with Crippen LogP contribution in [0.1, 0.15) is 19.4 Å². The fraction of sp³-hybridized carbons (Fsp3) is 0.227. The summed E-state index contributed by atoms with van der Waals surface area (Å²) in [6, 6.07) is 20.0. The lowest BCUT2D eigenvalue weighted by Crippen LogP contribution is -2.21. The molecule has 0 fully saturated rings. The molecule has 1 heterocycles. The van der Waals surface area contributed by atoms with Gasteiger partial charge in [0.25, 0.3) is 0 Å². The van der Waals surface area contributed by atoms with Gasteiger partial charge in [-0.15, -0.1) is 0 Å². The quantitative estimate of drug-likeness (QED) is 0.352. The molecule has 0 aliphatic carbocycles. The molecule has 2 aromatic carbocycles. The second kappa shape index (κ2) is 9.90. The molecule has 1 aromatic heterocycles. The highest BCUT2D eigenvalue weighted by Crippen LogP contribution is 2.19. The van der Waals surface area contributed by atoms with E-state index in [0.717, 1.165) is 34.6 Å². The van der Waals surface area contributed by atoms with E-state index in [-0.39, 0.29) is 11.7 Å². The Morgan fingerprint density at radius 1 is 1.07 bits per heavy atom. The standard InChI is InChI=1S/C22H24N4OS/c1-3-26(4-2)19-12-9-17(10-13-19)15-23-25-21(27)16-28-22-14-11-18-7-5-6-8-20(18)24-22/h5-15H,3-4,16H2,1-2H3,(H,25,27). The molecule has 1 N–H and O–H groups in total. The maximum absolute atomic E-state index is 12.0. The average molecular weight is 393 g/mol. The molecule has 144 valence electrons. The van der Waals surface area contributed by atoms with E-state index < -0.39 is 0 Å². The van der Waals surface area contributed by atoms with Crippen molar-refractivity contribution < 1.29 is 4.79 Å². The number of hydrogen-bond acceptors (Lipinski definition) is 5. The van der Waals surface area contributed by atoms with Gasteiger partial charge in [-0.1, -0.05) is 48.2 Å². The first-order chi connectivity index (χ1) is 13.7. The van der Waals surface area contributed by atoms with Crippen LogP contribution in [-0.2, 0) is 4.79 Å². The number of nitrogens with zero attached hydrogens (tertiary/aromatic N) is 3. The highest BCUT2D eigenvalue weighted by molar-refractivity contribution is 7.99. The number of carbonyl (C=O) groups excluding carboxylic acids is 1. The third-order valence-corrected chi connectivity index (χ3v) is 5.28. The van der Waals surface area contributed by atoms with Gasteiger partial charge in [0.05, 0.1) is 22.5 Å². The zero-order valence-corrected chi connectivity index (χ0v) is 16.9. The van der Waals surface area contributed by atoms with Crippen LogP contribution in [0.4, 0.5) is 5.69 Å². The molecule has 0 aliphatic heterocycles. The Labute approximate surface area is 169 Å². The molecule has 5 nitrogen and oxygen atoms in total. The van der Waals surface area contributed by atoms with E-state index in [1.54, 1.807) is 6.21 Å². The van der Waals surface area contributed by atoms with E-state index in [1.807, 2.05) is 48.5 Å². The number of benzene rings is 2. The summed E-state index contributed by atoms with van der Waals surface area (Å²) in [6.07, 6.45) is 1.66. The van der Waals surface area contributed by atoms with Gasteiger partial charge in [0.2, 0.25) is 5.91 Å². The first-order valence-electron chi connectivity index (χ1n) is 9.35. The number of hydrogen-bond donors (Lipinski definition) is 1. The van der Waals surface area contributed by atoms with Crippen LogP contribution in [-0.4, -0.2) is 35.9 Å². The Bertz CT molecular complexity index is 952. The predicted octanol–water partition coefficient (Wildman–Crippen LogP) is 4.32. The van der Waals surface area contributed by atoms with Crippen molar-refractivity contribution in [1.82, 2.24) is 10.4 Å². The first kappa shape index (κ1) is 19.9. The van der Waals surface area contributed by atoms with Gasteiger partial charge in [0.1, 0.15) is 0 Å². The molecule has 0 saturated heterocycles. The fourth-order valence-electron chi connectivity index (χ4n) is 2.84. The highest BCUT2D eigenvalue weighted by Gasteiger charge is 2.04. The molecule has 28 heavy (non-hydrogen) atoms. The van der Waals surface area contributed by atoms with Gasteiger partial charge in [-0.25, -0.2) is 10.4 Å². The third-order valence-electron chi connectivity index (χ3n) is 4.35. The van der Waals surface area contributed by atoms with Crippen molar-refractivity contribution >= 4 is 40.5 Å². The van der Waals surface area contributed by atoms with E-state index in [2.05, 4.69) is 46.4 Å². The maximum atomic E-state index is 12.0. The molecule has 3 rings (SSSR count). The molecule has 3 aromatic rings. The Morgan fingerprint density at radius 2 is 1.82 bits per heavy atom. The first-order valence-corrected chi connectivity index (χ1v) is 10.3. The molecule has 0 radical (unpaired) electrons. The van der Waals surface area contributed by atoms with Crippen molar-refractivity contribution in [1.29, 1.82) is 0 Å². The minimum atomic E-state index is -0.157. The van der Waals surface area contributed by atoms with Crippen LogP contribution in [0.15, 0.2) is 70.8 Å². The van der Waals surface area contributed by atoms with E-state index in [0.29, 0.717) is 0 Å². The van der Waals surface area contributed by atoms with E-state index >= 15 is 0 Å². The lowest BCUT2D eigenvalue weighted by atomic mass is 10.2. The smallest absolute Gasteiger partial charge is 0.250 e. The Hall–Kier alpha value is -2.86. The summed E-state index contributed by atoms with van der Waals surface area (Å²) in [4.78, 5) is 18.8. The molecule has 0 saturated carbocycles. The minimum Gasteiger partial charge on any atom is -0.372 e. The summed E-state index contributed by atoms with van der Waals surface area (Å²) in [5.41, 5.74) is 5.63. The largest absolute Gasteiger partial charge is 0.372 e. The van der Waals surface area contributed by atoms with E-state index in [1.165, 1.54) is 17.4 Å². The van der Waals surface area contributed by atoms with Crippen LogP contribution in [0.2, 0.25) is 0 Å². The van der Waals surface area contributed by atoms with Crippen LogP contribution in [0.3, 0.4) is 0 Å². The van der Waals surface area contributed by atoms with E-state index in [4.69, 9.17) is 0 Å². The van der Waals surface area contributed by atoms with E-state index in [9.17, 15) is 4.79 Å². The van der Waals surface area contributed by atoms with Gasteiger partial charge >= 0.3 is 0 Å². The number of aromatic nitrogens is 1. The summed E-state index contributed by atoms with van der Waals surface area (Å²) < 4.78 is 0. The van der Waals surface area contributed by atoms with Crippen LogP contribution < -0.4 is 10.3 Å². The van der Waals surface area contributed by atoms with Crippen molar-refractivity contribution in [2.24, 2.45) is 5.10 Å². The van der Waals surface area contributed by atoms with Crippen molar-refractivity contribution in [3.8, 4) is 0 Å². The summed E-state index contributed by atoms with van der Waals surface area (Å²) in [6.45, 7) is 6.23. The number of fused-ring (bicyclic) bond motifs is 1. The van der Waals surface area contributed by atoms with Crippen molar-refractivity contribution in [2.45, 2.75) is 18.9 Å². The fourth-order valence-corrected chi connectivity index (χ4v) is 3.51. The maximum Gasteiger partial charge on any atom is 0.250 e. The summed E-state index contributed by atoms with van der Waals surface area (Å²) in [7, 11) is 0. The highest BCUT2D eigenvalue weighted by atomic mass is 32.2. The molecule has 0 unspecified atom stereocenters. The Balaban J connectivity index is 1.49. The zero-order chi connectivity index (χ0) is 19.8. The summed E-state index contributed by atoms with van der Waals surface area (Å²) >= 11 is 1.40. The lowest BCUT2D eigenvalue weighted by molar-refractivity contribution is -0.118. The minimum absolute atomic E-state index is 0.157. The number of para-hydroxylation sites is 1. The van der Waals surface area contributed by atoms with Crippen LogP contribution in [0, 0.1) is 0 Å². The SMILES string of the molecule is CCN(CC)c1ccc(C=NNC(=O)CSc2ccc3ccccc3n2)cc1. The number of nitrogens with one attached hydrogen (secondary N) is 1. The lowest BCUT2D eigenvalue weighted by Gasteiger charge is -2.20. The van der Waals surface area contributed by atoms with Crippen LogP contribution in [0.5, 0.6) is 0 Å². The van der Waals surface area contributed by atoms with Gasteiger partial charge < -0.3 is 4.90 Å². The molecule has 0 bridgehead atoms. The summed E-state index contributed by atoms with van der Waals surface area (Å²) in [5, 5.41) is 5.96. The average Bonchev–Trinajstić information content (AvgIpc) is 2.74. The number of carbonyl (C=O) groups is 1. The third kappa shape index (κ3) is 5.33. The van der Waals surface area contributed by atoms with Gasteiger partial charge in [-0.05, 0) is 43.7 Å². The topological polar surface area (TPSA) is 57.6 Å².